The number of quaternary nitrogens is 1. The Labute approximate surface area is 131 Å². The highest BCUT2D eigenvalue weighted by atomic mass is 79.9. The SMILES string of the molecule is CC[N+](CC)(CC)CCNc1ccc(Cl)c(O)c1.[Br-]. The van der Waals surface area contributed by atoms with Crippen LogP contribution in [0.1, 0.15) is 20.8 Å². The minimum absolute atomic E-state index is 0. The molecule has 110 valence electrons. The Kier molecular flexibility index (Phi) is 8.46. The number of phenols is 1. The second-order valence-corrected chi connectivity index (χ2v) is 5.01. The fourth-order valence-electron chi connectivity index (χ4n) is 2.21. The van der Waals surface area contributed by atoms with Crippen molar-refractivity contribution in [3.8, 4) is 5.75 Å². The van der Waals surface area contributed by atoms with Gasteiger partial charge in [-0.25, -0.2) is 0 Å². The van der Waals surface area contributed by atoms with Gasteiger partial charge in [-0.3, -0.25) is 0 Å². The minimum Gasteiger partial charge on any atom is -1.00 e. The third kappa shape index (κ3) is 5.21. The van der Waals surface area contributed by atoms with Gasteiger partial charge in [-0.15, -0.1) is 0 Å². The van der Waals surface area contributed by atoms with Crippen LogP contribution in [0.4, 0.5) is 5.69 Å². The highest BCUT2D eigenvalue weighted by Crippen LogP contribution is 2.26. The van der Waals surface area contributed by atoms with Gasteiger partial charge in [0, 0.05) is 11.8 Å². The number of phenolic OH excluding ortho intramolecular Hbond substituents is 1. The molecule has 2 N–H and O–H groups in total. The van der Waals surface area contributed by atoms with Gasteiger partial charge < -0.3 is 31.9 Å². The summed E-state index contributed by atoms with van der Waals surface area (Å²) in [4.78, 5) is 0. The highest BCUT2D eigenvalue weighted by molar-refractivity contribution is 6.32. The number of halogens is 2. The second kappa shape index (κ2) is 8.67. The lowest BCUT2D eigenvalue weighted by atomic mass is 10.3. The molecule has 0 saturated carbocycles. The average molecular weight is 352 g/mol. The van der Waals surface area contributed by atoms with Gasteiger partial charge in [0.05, 0.1) is 37.7 Å². The van der Waals surface area contributed by atoms with Crippen molar-refractivity contribution in [3.05, 3.63) is 23.2 Å². The number of nitrogens with one attached hydrogen (secondary N) is 1. The third-order valence-electron chi connectivity index (χ3n) is 3.87. The minimum atomic E-state index is 0. The lowest BCUT2D eigenvalue weighted by Gasteiger charge is -2.35. The fourth-order valence-corrected chi connectivity index (χ4v) is 2.32. The van der Waals surface area contributed by atoms with Crippen LogP contribution in [0.15, 0.2) is 18.2 Å². The molecule has 0 heterocycles. The molecule has 0 spiro atoms. The molecular formula is C14H24BrClN2O. The number of benzene rings is 1. The maximum Gasteiger partial charge on any atom is 0.136 e. The molecule has 0 amide bonds. The molecule has 0 radical (unpaired) electrons. The number of aromatic hydroxyl groups is 1. The molecule has 0 saturated heterocycles. The first-order valence-electron chi connectivity index (χ1n) is 6.64. The van der Waals surface area contributed by atoms with Crippen molar-refractivity contribution in [1.82, 2.24) is 0 Å². The Bertz CT molecular complexity index is 375. The first kappa shape index (κ1) is 18.6. The Morgan fingerprint density at radius 2 is 1.74 bits per heavy atom. The van der Waals surface area contributed by atoms with Crippen LogP contribution in [-0.4, -0.2) is 42.3 Å². The molecule has 1 aromatic carbocycles. The zero-order chi connectivity index (χ0) is 13.6. The standard InChI is InChI=1S/C14H23ClN2O.BrH/c1-4-17(5-2,6-3)10-9-16-12-7-8-13(15)14(18)11-12;/h7-8,11,16H,4-6,9-10H2,1-3H3;1H. The van der Waals surface area contributed by atoms with Crippen molar-refractivity contribution in [2.75, 3.05) is 38.0 Å². The summed E-state index contributed by atoms with van der Waals surface area (Å²) in [7, 11) is 0. The zero-order valence-electron chi connectivity index (χ0n) is 11.9. The Morgan fingerprint density at radius 1 is 1.16 bits per heavy atom. The zero-order valence-corrected chi connectivity index (χ0v) is 14.3. The van der Waals surface area contributed by atoms with Crippen molar-refractivity contribution >= 4 is 17.3 Å². The van der Waals surface area contributed by atoms with Gasteiger partial charge in [0.2, 0.25) is 0 Å². The smallest absolute Gasteiger partial charge is 0.136 e. The van der Waals surface area contributed by atoms with Crippen LogP contribution in [0.25, 0.3) is 0 Å². The first-order chi connectivity index (χ1) is 8.56. The quantitative estimate of drug-likeness (QED) is 0.694. The Balaban J connectivity index is 0.00000324. The van der Waals surface area contributed by atoms with E-state index in [4.69, 9.17) is 11.6 Å². The average Bonchev–Trinajstić information content (AvgIpc) is 2.39. The summed E-state index contributed by atoms with van der Waals surface area (Å²) in [6, 6.07) is 5.27. The molecule has 5 heteroatoms. The van der Waals surface area contributed by atoms with E-state index in [1.54, 1.807) is 12.1 Å². The van der Waals surface area contributed by atoms with E-state index in [1.807, 2.05) is 6.07 Å². The molecule has 0 unspecified atom stereocenters. The topological polar surface area (TPSA) is 32.3 Å². The van der Waals surface area contributed by atoms with Gasteiger partial charge in [-0.1, -0.05) is 11.6 Å². The van der Waals surface area contributed by atoms with Crippen LogP contribution in [0.2, 0.25) is 5.02 Å². The van der Waals surface area contributed by atoms with Crippen molar-refractivity contribution in [2.24, 2.45) is 0 Å². The molecule has 19 heavy (non-hydrogen) atoms. The van der Waals surface area contributed by atoms with E-state index in [9.17, 15) is 5.11 Å². The lowest BCUT2D eigenvalue weighted by Crippen LogP contribution is -3.00. The molecule has 3 nitrogen and oxygen atoms in total. The van der Waals surface area contributed by atoms with E-state index in [2.05, 4.69) is 26.1 Å². The molecule has 0 aliphatic heterocycles. The van der Waals surface area contributed by atoms with E-state index < -0.39 is 0 Å². The third-order valence-corrected chi connectivity index (χ3v) is 4.19. The molecule has 0 aliphatic carbocycles. The van der Waals surface area contributed by atoms with Crippen LogP contribution >= 0.6 is 11.6 Å². The molecule has 0 atom stereocenters. The fraction of sp³-hybridized carbons (Fsp3) is 0.571. The Hall–Kier alpha value is -0.450. The molecule has 0 fully saturated rings. The van der Waals surface area contributed by atoms with E-state index in [-0.39, 0.29) is 22.7 Å². The highest BCUT2D eigenvalue weighted by Gasteiger charge is 2.19. The van der Waals surface area contributed by atoms with Gasteiger partial charge in [0.1, 0.15) is 5.75 Å². The molecule has 1 aromatic rings. The van der Waals surface area contributed by atoms with Gasteiger partial charge in [0.25, 0.3) is 0 Å². The van der Waals surface area contributed by atoms with Crippen LogP contribution in [-0.2, 0) is 0 Å². The van der Waals surface area contributed by atoms with E-state index in [1.165, 1.54) is 0 Å². The number of anilines is 1. The van der Waals surface area contributed by atoms with E-state index in [0.29, 0.717) is 5.02 Å². The summed E-state index contributed by atoms with van der Waals surface area (Å²) in [6.07, 6.45) is 0. The van der Waals surface area contributed by atoms with Crippen molar-refractivity contribution < 1.29 is 26.6 Å². The summed E-state index contributed by atoms with van der Waals surface area (Å²) >= 11 is 5.77. The number of nitrogens with zero attached hydrogens (tertiary/aromatic N) is 1. The molecule has 0 bridgehead atoms. The van der Waals surface area contributed by atoms with E-state index in [0.717, 1.165) is 42.9 Å². The van der Waals surface area contributed by atoms with Gasteiger partial charge in [-0.2, -0.15) is 0 Å². The van der Waals surface area contributed by atoms with Gasteiger partial charge in [-0.05, 0) is 32.9 Å². The first-order valence-corrected chi connectivity index (χ1v) is 7.02. The van der Waals surface area contributed by atoms with Crippen LogP contribution < -0.4 is 22.3 Å². The summed E-state index contributed by atoms with van der Waals surface area (Å²) in [5.74, 6) is 0.129. The number of hydrogen-bond acceptors (Lipinski definition) is 2. The number of rotatable bonds is 7. The van der Waals surface area contributed by atoms with Crippen molar-refractivity contribution in [3.63, 3.8) is 0 Å². The van der Waals surface area contributed by atoms with Gasteiger partial charge in [0.15, 0.2) is 0 Å². The summed E-state index contributed by atoms with van der Waals surface area (Å²) < 4.78 is 1.12. The molecular weight excluding hydrogens is 328 g/mol. The molecule has 1 rings (SSSR count). The van der Waals surface area contributed by atoms with Crippen LogP contribution in [0, 0.1) is 0 Å². The van der Waals surface area contributed by atoms with Crippen LogP contribution in [0.3, 0.4) is 0 Å². The number of likely N-dealkylation sites (N-methyl/N-ethyl adjacent to an activating group) is 1. The predicted octanol–water partition coefficient (Wildman–Crippen LogP) is 0.338. The Morgan fingerprint density at radius 3 is 2.21 bits per heavy atom. The summed E-state index contributed by atoms with van der Waals surface area (Å²) in [5.41, 5.74) is 0.915. The lowest BCUT2D eigenvalue weighted by molar-refractivity contribution is -0.921. The van der Waals surface area contributed by atoms with Crippen molar-refractivity contribution in [1.29, 1.82) is 0 Å². The number of hydrogen-bond donors (Lipinski definition) is 2. The summed E-state index contributed by atoms with van der Waals surface area (Å²) in [6.45, 7) is 12.2. The monoisotopic (exact) mass is 350 g/mol. The largest absolute Gasteiger partial charge is 1.00 e. The predicted molar refractivity (Wildman–Crippen MR) is 78.4 cm³/mol. The summed E-state index contributed by atoms with van der Waals surface area (Å²) in [5, 5.41) is 13.2. The van der Waals surface area contributed by atoms with E-state index >= 15 is 0 Å². The maximum atomic E-state index is 9.52. The van der Waals surface area contributed by atoms with Crippen LogP contribution in [0.5, 0.6) is 5.75 Å². The molecule has 0 aliphatic rings. The second-order valence-electron chi connectivity index (χ2n) is 4.61. The maximum absolute atomic E-state index is 9.52. The normalized spacial score (nSPS) is 10.9. The van der Waals surface area contributed by atoms with Gasteiger partial charge >= 0.3 is 0 Å². The molecule has 0 aromatic heterocycles. The van der Waals surface area contributed by atoms with Crippen molar-refractivity contribution in [2.45, 2.75) is 20.8 Å².